The van der Waals surface area contributed by atoms with Crippen molar-refractivity contribution in [2.24, 2.45) is 11.8 Å². The summed E-state index contributed by atoms with van der Waals surface area (Å²) in [6.07, 6.45) is 6.90. The number of hydrogen-bond donors (Lipinski definition) is 1. The lowest BCUT2D eigenvalue weighted by molar-refractivity contribution is 0.223. The van der Waals surface area contributed by atoms with Gasteiger partial charge in [-0.15, -0.1) is 0 Å². The highest BCUT2D eigenvalue weighted by Gasteiger charge is 2.24. The third-order valence-corrected chi connectivity index (χ3v) is 3.78. The molecular weight excluding hydrogens is 182 g/mol. The molecule has 1 heterocycles. The van der Waals surface area contributed by atoms with E-state index in [-0.39, 0.29) is 1.43 Å². The topological polar surface area (TPSA) is 12.0 Å². The first-order valence-corrected chi connectivity index (χ1v) is 7.03. The largest absolute Gasteiger partial charge is 0.314 e. The molecule has 1 saturated heterocycles. The maximum atomic E-state index is 3.67. The van der Waals surface area contributed by atoms with Crippen LogP contribution in [0, 0.1) is 11.8 Å². The van der Waals surface area contributed by atoms with E-state index in [1.165, 1.54) is 38.6 Å². The van der Waals surface area contributed by atoms with Crippen molar-refractivity contribution in [2.75, 3.05) is 6.54 Å². The van der Waals surface area contributed by atoms with Crippen LogP contribution < -0.4 is 5.32 Å². The molecule has 1 aliphatic heterocycles. The van der Waals surface area contributed by atoms with Crippen LogP contribution in [0.15, 0.2) is 0 Å². The maximum absolute atomic E-state index is 3.67. The van der Waals surface area contributed by atoms with E-state index < -0.39 is 0 Å². The van der Waals surface area contributed by atoms with E-state index in [0.717, 1.165) is 17.9 Å². The third kappa shape index (κ3) is 5.01. The highest BCUT2D eigenvalue weighted by molar-refractivity contribution is 4.80. The first kappa shape index (κ1) is 15.0. The van der Waals surface area contributed by atoms with Crippen LogP contribution in [0.3, 0.4) is 0 Å². The van der Waals surface area contributed by atoms with Crippen LogP contribution in [0.5, 0.6) is 0 Å². The van der Waals surface area contributed by atoms with Crippen molar-refractivity contribution in [1.29, 1.82) is 0 Å². The van der Waals surface area contributed by atoms with Gasteiger partial charge < -0.3 is 5.32 Å². The summed E-state index contributed by atoms with van der Waals surface area (Å²) in [5.41, 5.74) is 0. The molecule has 1 N–H and O–H groups in total. The zero-order valence-electron chi connectivity index (χ0n) is 11.5. The SMILES string of the molecule is CC.CCC(CC)C(C)C1CCCCN1.[HH]. The van der Waals surface area contributed by atoms with E-state index in [9.17, 15) is 0 Å². The summed E-state index contributed by atoms with van der Waals surface area (Å²) in [6.45, 7) is 12.3. The first-order chi connectivity index (χ1) is 7.29. The molecule has 0 aromatic rings. The van der Waals surface area contributed by atoms with E-state index in [1.54, 1.807) is 0 Å². The summed E-state index contributed by atoms with van der Waals surface area (Å²) in [4.78, 5) is 0. The number of hydrogen-bond acceptors (Lipinski definition) is 1. The Kier molecular flexibility index (Phi) is 9.18. The Morgan fingerprint density at radius 3 is 2.20 bits per heavy atom. The Balaban J connectivity index is 0. The standard InChI is InChI=1S/C12H25N.C2H6.H2/c1-4-11(5-2)10(3)12-8-6-7-9-13-12;1-2;/h10-13H,4-9H2,1-3H3;1-2H3;1H. The Bertz CT molecular complexity index is 129. The van der Waals surface area contributed by atoms with Gasteiger partial charge in [-0.25, -0.2) is 0 Å². The van der Waals surface area contributed by atoms with Gasteiger partial charge in [0.25, 0.3) is 0 Å². The second kappa shape index (κ2) is 9.21. The van der Waals surface area contributed by atoms with Crippen LogP contribution in [-0.4, -0.2) is 12.6 Å². The highest BCUT2D eigenvalue weighted by Crippen LogP contribution is 2.26. The monoisotopic (exact) mass is 215 g/mol. The van der Waals surface area contributed by atoms with Gasteiger partial charge in [0, 0.05) is 7.47 Å². The molecule has 0 spiro atoms. The molecule has 1 heteroatoms. The van der Waals surface area contributed by atoms with Crippen molar-refractivity contribution in [1.82, 2.24) is 5.32 Å². The van der Waals surface area contributed by atoms with Gasteiger partial charge in [0.2, 0.25) is 0 Å². The molecule has 1 aliphatic rings. The van der Waals surface area contributed by atoms with Gasteiger partial charge in [-0.3, -0.25) is 0 Å². The molecule has 2 atom stereocenters. The molecule has 0 amide bonds. The molecule has 0 aromatic carbocycles. The Morgan fingerprint density at radius 2 is 1.80 bits per heavy atom. The second-order valence-corrected chi connectivity index (χ2v) is 4.49. The van der Waals surface area contributed by atoms with Crippen LogP contribution in [0.25, 0.3) is 0 Å². The van der Waals surface area contributed by atoms with Crippen molar-refractivity contribution in [3.8, 4) is 0 Å². The lowest BCUT2D eigenvalue weighted by Gasteiger charge is -2.33. The van der Waals surface area contributed by atoms with Crippen molar-refractivity contribution in [3.63, 3.8) is 0 Å². The van der Waals surface area contributed by atoms with Crippen LogP contribution >= 0.6 is 0 Å². The summed E-state index contributed by atoms with van der Waals surface area (Å²) in [7, 11) is 0. The Hall–Kier alpha value is -0.0400. The van der Waals surface area contributed by atoms with Crippen molar-refractivity contribution >= 4 is 0 Å². The molecule has 0 radical (unpaired) electrons. The Labute approximate surface area is 98.5 Å². The minimum Gasteiger partial charge on any atom is -0.314 e. The van der Waals surface area contributed by atoms with Gasteiger partial charge in [0.05, 0.1) is 0 Å². The summed E-state index contributed by atoms with van der Waals surface area (Å²) in [5.74, 6) is 1.80. The van der Waals surface area contributed by atoms with Gasteiger partial charge in [-0.1, -0.05) is 53.9 Å². The minimum atomic E-state index is 0. The minimum absolute atomic E-state index is 0. The van der Waals surface area contributed by atoms with E-state index in [2.05, 4.69) is 26.1 Å². The fourth-order valence-corrected chi connectivity index (χ4v) is 2.69. The zero-order chi connectivity index (χ0) is 11.7. The van der Waals surface area contributed by atoms with Gasteiger partial charge in [-0.05, 0) is 31.2 Å². The first-order valence-electron chi connectivity index (χ1n) is 7.03. The van der Waals surface area contributed by atoms with Gasteiger partial charge in [-0.2, -0.15) is 0 Å². The average Bonchev–Trinajstić information content (AvgIpc) is 2.34. The van der Waals surface area contributed by atoms with Crippen LogP contribution in [-0.2, 0) is 0 Å². The molecule has 1 nitrogen and oxygen atoms in total. The van der Waals surface area contributed by atoms with Crippen molar-refractivity contribution < 1.29 is 1.43 Å². The molecule has 1 fully saturated rings. The molecule has 15 heavy (non-hydrogen) atoms. The normalized spacial score (nSPS) is 23.2. The summed E-state index contributed by atoms with van der Waals surface area (Å²) in [5, 5.41) is 3.67. The molecule has 0 saturated carbocycles. The quantitative estimate of drug-likeness (QED) is 0.729. The van der Waals surface area contributed by atoms with Crippen LogP contribution in [0.1, 0.15) is 68.1 Å². The predicted molar refractivity (Wildman–Crippen MR) is 72.3 cm³/mol. The summed E-state index contributed by atoms with van der Waals surface area (Å²) >= 11 is 0. The lowest BCUT2D eigenvalue weighted by Crippen LogP contribution is -2.41. The average molecular weight is 215 g/mol. The van der Waals surface area contributed by atoms with Gasteiger partial charge >= 0.3 is 0 Å². The number of nitrogens with one attached hydrogen (secondary N) is 1. The number of piperidine rings is 1. The molecular formula is C14H33N. The van der Waals surface area contributed by atoms with E-state index in [4.69, 9.17) is 0 Å². The fraction of sp³-hybridized carbons (Fsp3) is 1.00. The smallest absolute Gasteiger partial charge is 0.00953 e. The zero-order valence-corrected chi connectivity index (χ0v) is 11.5. The highest BCUT2D eigenvalue weighted by atomic mass is 14.9. The molecule has 2 unspecified atom stereocenters. The van der Waals surface area contributed by atoms with Gasteiger partial charge in [0.1, 0.15) is 0 Å². The third-order valence-electron chi connectivity index (χ3n) is 3.78. The summed E-state index contributed by atoms with van der Waals surface area (Å²) < 4.78 is 0. The van der Waals surface area contributed by atoms with Crippen LogP contribution in [0.2, 0.25) is 0 Å². The Morgan fingerprint density at radius 1 is 1.20 bits per heavy atom. The molecule has 1 rings (SSSR count). The number of rotatable bonds is 4. The van der Waals surface area contributed by atoms with E-state index in [0.29, 0.717) is 0 Å². The molecule has 94 valence electrons. The molecule has 0 aliphatic carbocycles. The lowest BCUT2D eigenvalue weighted by atomic mass is 9.81. The maximum Gasteiger partial charge on any atom is 0.00953 e. The fourth-order valence-electron chi connectivity index (χ4n) is 2.69. The van der Waals surface area contributed by atoms with Crippen molar-refractivity contribution in [3.05, 3.63) is 0 Å². The predicted octanol–water partition coefficient (Wildman–Crippen LogP) is 4.47. The van der Waals surface area contributed by atoms with E-state index in [1.807, 2.05) is 13.8 Å². The molecule has 0 bridgehead atoms. The second-order valence-electron chi connectivity index (χ2n) is 4.49. The van der Waals surface area contributed by atoms with E-state index >= 15 is 0 Å². The van der Waals surface area contributed by atoms with Crippen molar-refractivity contribution in [2.45, 2.75) is 72.8 Å². The van der Waals surface area contributed by atoms with Crippen LogP contribution in [0.4, 0.5) is 0 Å². The molecule has 0 aromatic heterocycles. The van der Waals surface area contributed by atoms with Gasteiger partial charge in [0.15, 0.2) is 0 Å². The summed E-state index contributed by atoms with van der Waals surface area (Å²) in [6, 6.07) is 0.804.